The van der Waals surface area contributed by atoms with E-state index < -0.39 is 0 Å². The molecule has 0 bridgehead atoms. The maximum absolute atomic E-state index is 6.03. The van der Waals surface area contributed by atoms with E-state index in [2.05, 4.69) is 31.9 Å². The highest BCUT2D eigenvalue weighted by molar-refractivity contribution is 9.10. The lowest BCUT2D eigenvalue weighted by Gasteiger charge is -2.14. The standard InChI is InChI=1S/C16H17Br2NO2/c1-10(19)7-11-3-4-12(17)8-16(11)21-15-6-5-13(20-2)9-14(15)18/h3-6,8-10H,7,19H2,1-2H3. The molecule has 0 fully saturated rings. The summed E-state index contributed by atoms with van der Waals surface area (Å²) in [5.74, 6) is 2.31. The van der Waals surface area contributed by atoms with Gasteiger partial charge in [0.15, 0.2) is 0 Å². The van der Waals surface area contributed by atoms with Crippen molar-refractivity contribution >= 4 is 31.9 Å². The molecule has 2 N–H and O–H groups in total. The maximum Gasteiger partial charge on any atom is 0.141 e. The van der Waals surface area contributed by atoms with Crippen LogP contribution in [0.2, 0.25) is 0 Å². The summed E-state index contributed by atoms with van der Waals surface area (Å²) in [5, 5.41) is 0. The fraction of sp³-hybridized carbons (Fsp3) is 0.250. The third kappa shape index (κ3) is 4.46. The van der Waals surface area contributed by atoms with Gasteiger partial charge in [-0.2, -0.15) is 0 Å². The van der Waals surface area contributed by atoms with Gasteiger partial charge in [-0.1, -0.05) is 22.0 Å². The molecule has 112 valence electrons. The van der Waals surface area contributed by atoms with Crippen LogP contribution in [-0.4, -0.2) is 13.2 Å². The van der Waals surface area contributed by atoms with Crippen molar-refractivity contribution in [2.75, 3.05) is 7.11 Å². The predicted molar refractivity (Wildman–Crippen MR) is 92.3 cm³/mol. The molecule has 0 aliphatic heterocycles. The van der Waals surface area contributed by atoms with E-state index in [1.165, 1.54) is 0 Å². The molecule has 0 aliphatic carbocycles. The summed E-state index contributed by atoms with van der Waals surface area (Å²) < 4.78 is 13.0. The number of ether oxygens (including phenoxy) is 2. The number of rotatable bonds is 5. The SMILES string of the molecule is COc1ccc(Oc2cc(Br)ccc2CC(C)N)c(Br)c1. The summed E-state index contributed by atoms with van der Waals surface area (Å²) in [5.41, 5.74) is 6.98. The van der Waals surface area contributed by atoms with Crippen LogP contribution in [0.15, 0.2) is 45.3 Å². The van der Waals surface area contributed by atoms with Crippen LogP contribution >= 0.6 is 31.9 Å². The summed E-state index contributed by atoms with van der Waals surface area (Å²) in [4.78, 5) is 0. The first-order valence-corrected chi connectivity index (χ1v) is 8.13. The van der Waals surface area contributed by atoms with Crippen LogP contribution in [0.3, 0.4) is 0 Å². The van der Waals surface area contributed by atoms with Gasteiger partial charge >= 0.3 is 0 Å². The first kappa shape index (κ1) is 16.3. The molecular weight excluding hydrogens is 398 g/mol. The Morgan fingerprint density at radius 2 is 1.86 bits per heavy atom. The summed E-state index contributed by atoms with van der Waals surface area (Å²) >= 11 is 6.97. The van der Waals surface area contributed by atoms with Gasteiger partial charge < -0.3 is 15.2 Å². The van der Waals surface area contributed by atoms with E-state index >= 15 is 0 Å². The highest BCUT2D eigenvalue weighted by Crippen LogP contribution is 2.35. The van der Waals surface area contributed by atoms with Crippen molar-refractivity contribution in [3.63, 3.8) is 0 Å². The van der Waals surface area contributed by atoms with Crippen molar-refractivity contribution in [1.82, 2.24) is 0 Å². The molecule has 3 nitrogen and oxygen atoms in total. The molecule has 0 aliphatic rings. The van der Waals surface area contributed by atoms with Crippen LogP contribution in [0.5, 0.6) is 17.2 Å². The Bertz CT molecular complexity index is 630. The minimum absolute atomic E-state index is 0.0767. The molecule has 0 saturated heterocycles. The lowest BCUT2D eigenvalue weighted by atomic mass is 10.1. The van der Waals surface area contributed by atoms with E-state index in [0.29, 0.717) is 0 Å². The van der Waals surface area contributed by atoms with Crippen LogP contribution < -0.4 is 15.2 Å². The third-order valence-electron chi connectivity index (χ3n) is 2.93. The Morgan fingerprint density at radius 3 is 2.48 bits per heavy atom. The first-order valence-electron chi connectivity index (χ1n) is 6.55. The minimum Gasteiger partial charge on any atom is -0.497 e. The van der Waals surface area contributed by atoms with Gasteiger partial charge in [0.2, 0.25) is 0 Å². The van der Waals surface area contributed by atoms with E-state index in [9.17, 15) is 0 Å². The Kier molecular flexibility index (Phi) is 5.67. The number of hydrogen-bond acceptors (Lipinski definition) is 3. The molecule has 0 amide bonds. The van der Waals surface area contributed by atoms with E-state index in [4.69, 9.17) is 15.2 Å². The van der Waals surface area contributed by atoms with E-state index in [1.807, 2.05) is 43.3 Å². The van der Waals surface area contributed by atoms with Gasteiger partial charge in [-0.3, -0.25) is 0 Å². The molecule has 0 radical (unpaired) electrons. The van der Waals surface area contributed by atoms with Crippen LogP contribution in [-0.2, 0) is 6.42 Å². The van der Waals surface area contributed by atoms with Crippen LogP contribution in [0, 0.1) is 0 Å². The lowest BCUT2D eigenvalue weighted by Crippen LogP contribution is -2.18. The number of halogens is 2. The number of benzene rings is 2. The smallest absolute Gasteiger partial charge is 0.141 e. The molecule has 1 unspecified atom stereocenters. The second-order valence-electron chi connectivity index (χ2n) is 4.83. The van der Waals surface area contributed by atoms with Gasteiger partial charge in [0, 0.05) is 10.5 Å². The average molecular weight is 415 g/mol. The highest BCUT2D eigenvalue weighted by Gasteiger charge is 2.10. The largest absolute Gasteiger partial charge is 0.497 e. The Morgan fingerprint density at radius 1 is 1.10 bits per heavy atom. The van der Waals surface area contributed by atoms with Crippen molar-refractivity contribution in [3.05, 3.63) is 50.9 Å². The highest BCUT2D eigenvalue weighted by atomic mass is 79.9. The second-order valence-corrected chi connectivity index (χ2v) is 6.60. The molecule has 2 rings (SSSR count). The van der Waals surface area contributed by atoms with Crippen LogP contribution in [0.1, 0.15) is 12.5 Å². The summed E-state index contributed by atoms with van der Waals surface area (Å²) in [6, 6.07) is 11.7. The van der Waals surface area contributed by atoms with Crippen LogP contribution in [0.25, 0.3) is 0 Å². The number of nitrogens with two attached hydrogens (primary N) is 1. The molecule has 0 spiro atoms. The molecule has 0 aromatic heterocycles. The third-order valence-corrected chi connectivity index (χ3v) is 4.04. The van der Waals surface area contributed by atoms with Gasteiger partial charge in [0.05, 0.1) is 11.6 Å². The Balaban J connectivity index is 2.32. The average Bonchev–Trinajstić information content (AvgIpc) is 2.43. The summed E-state index contributed by atoms with van der Waals surface area (Å²) in [7, 11) is 1.64. The minimum atomic E-state index is 0.0767. The van der Waals surface area contributed by atoms with Crippen molar-refractivity contribution in [2.45, 2.75) is 19.4 Å². The van der Waals surface area contributed by atoms with Gasteiger partial charge in [0.1, 0.15) is 17.2 Å². The molecule has 2 aromatic rings. The van der Waals surface area contributed by atoms with Gasteiger partial charge in [0.25, 0.3) is 0 Å². The van der Waals surface area contributed by atoms with Crippen molar-refractivity contribution < 1.29 is 9.47 Å². The zero-order valence-electron chi connectivity index (χ0n) is 11.9. The summed E-state index contributed by atoms with van der Waals surface area (Å²) in [6.45, 7) is 1.98. The Labute approximate surface area is 141 Å². The van der Waals surface area contributed by atoms with Crippen molar-refractivity contribution in [2.24, 2.45) is 5.73 Å². The van der Waals surface area contributed by atoms with Gasteiger partial charge in [-0.05, 0) is 65.2 Å². The predicted octanol–water partition coefficient (Wildman–Crippen LogP) is 4.90. The zero-order chi connectivity index (χ0) is 15.4. The number of methoxy groups -OCH3 is 1. The summed E-state index contributed by atoms with van der Waals surface area (Å²) in [6.07, 6.45) is 0.760. The maximum atomic E-state index is 6.03. The molecule has 21 heavy (non-hydrogen) atoms. The van der Waals surface area contributed by atoms with Crippen molar-refractivity contribution in [1.29, 1.82) is 0 Å². The van der Waals surface area contributed by atoms with Gasteiger partial charge in [-0.25, -0.2) is 0 Å². The fourth-order valence-corrected chi connectivity index (χ4v) is 2.73. The normalized spacial score (nSPS) is 12.0. The molecule has 0 heterocycles. The monoisotopic (exact) mass is 413 g/mol. The molecule has 2 aromatic carbocycles. The lowest BCUT2D eigenvalue weighted by molar-refractivity contribution is 0.412. The second kappa shape index (κ2) is 7.29. The quantitative estimate of drug-likeness (QED) is 0.756. The molecule has 0 saturated carbocycles. The molecule has 1 atom stereocenters. The Hall–Kier alpha value is -1.04. The zero-order valence-corrected chi connectivity index (χ0v) is 15.1. The fourth-order valence-electron chi connectivity index (χ4n) is 1.95. The van der Waals surface area contributed by atoms with E-state index in [-0.39, 0.29) is 6.04 Å². The first-order chi connectivity index (χ1) is 9.99. The van der Waals surface area contributed by atoms with Gasteiger partial charge in [-0.15, -0.1) is 0 Å². The molecule has 5 heteroatoms. The van der Waals surface area contributed by atoms with E-state index in [0.717, 1.165) is 38.2 Å². The van der Waals surface area contributed by atoms with Crippen LogP contribution in [0.4, 0.5) is 0 Å². The van der Waals surface area contributed by atoms with Crippen molar-refractivity contribution in [3.8, 4) is 17.2 Å². The topological polar surface area (TPSA) is 44.5 Å². The number of hydrogen-bond donors (Lipinski definition) is 1. The van der Waals surface area contributed by atoms with E-state index in [1.54, 1.807) is 7.11 Å². The molecular formula is C16H17Br2NO2.